The zero-order valence-corrected chi connectivity index (χ0v) is 11.7. The van der Waals surface area contributed by atoms with Gasteiger partial charge in [-0.05, 0) is 18.8 Å². The van der Waals surface area contributed by atoms with E-state index in [0.717, 1.165) is 11.1 Å². The van der Waals surface area contributed by atoms with E-state index in [1.165, 1.54) is 36.3 Å². The first-order chi connectivity index (χ1) is 8.22. The zero-order valence-electron chi connectivity index (χ0n) is 10.9. The Kier molecular flexibility index (Phi) is 4.26. The second kappa shape index (κ2) is 5.71. The quantitative estimate of drug-likeness (QED) is 0.828. The molecule has 0 bridgehead atoms. The van der Waals surface area contributed by atoms with Crippen molar-refractivity contribution in [1.82, 2.24) is 9.97 Å². The van der Waals surface area contributed by atoms with Crippen LogP contribution < -0.4 is 5.32 Å². The second-order valence-corrected chi connectivity index (χ2v) is 6.16. The molecule has 0 saturated heterocycles. The molecule has 1 N–H and O–H groups in total. The molecule has 1 heterocycles. The van der Waals surface area contributed by atoms with E-state index in [1.807, 2.05) is 18.8 Å². The third-order valence-corrected chi connectivity index (χ3v) is 4.60. The van der Waals surface area contributed by atoms with Crippen molar-refractivity contribution in [2.45, 2.75) is 55.7 Å². The third-order valence-electron chi connectivity index (χ3n) is 3.24. The summed E-state index contributed by atoms with van der Waals surface area (Å²) in [5.41, 5.74) is 1.27. The van der Waals surface area contributed by atoms with E-state index in [-0.39, 0.29) is 0 Å². The Hall–Kier alpha value is -0.770. The van der Waals surface area contributed by atoms with Gasteiger partial charge in [-0.1, -0.05) is 26.7 Å². The van der Waals surface area contributed by atoms with Crippen LogP contribution in [0.5, 0.6) is 0 Å². The summed E-state index contributed by atoms with van der Waals surface area (Å²) in [5, 5.41) is 5.11. The molecule has 0 atom stereocenters. The van der Waals surface area contributed by atoms with Gasteiger partial charge >= 0.3 is 0 Å². The minimum Gasteiger partial charge on any atom is -0.373 e. The summed E-state index contributed by atoms with van der Waals surface area (Å²) < 4.78 is 0. The van der Waals surface area contributed by atoms with Crippen molar-refractivity contribution in [1.29, 1.82) is 0 Å². The summed E-state index contributed by atoms with van der Waals surface area (Å²) in [6, 6.07) is 0. The van der Waals surface area contributed by atoms with Gasteiger partial charge in [0.05, 0.1) is 0 Å². The lowest BCUT2D eigenvalue weighted by molar-refractivity contribution is 0.801. The smallest absolute Gasteiger partial charge is 0.133 e. The minimum absolute atomic E-state index is 0.461. The standard InChI is InChI=1S/C13H21N3S/c1-9(2)11-12(14-3)15-8-16-13(11)17-10-6-4-5-7-10/h8-10H,4-7H2,1-3H3,(H,14,15,16). The van der Waals surface area contributed by atoms with Crippen molar-refractivity contribution in [3.05, 3.63) is 11.9 Å². The number of hydrogen-bond donors (Lipinski definition) is 1. The molecule has 17 heavy (non-hydrogen) atoms. The normalized spacial score (nSPS) is 16.7. The molecule has 3 nitrogen and oxygen atoms in total. The summed E-state index contributed by atoms with van der Waals surface area (Å²) in [6.45, 7) is 4.41. The van der Waals surface area contributed by atoms with E-state index in [0.29, 0.717) is 5.92 Å². The van der Waals surface area contributed by atoms with Gasteiger partial charge < -0.3 is 5.32 Å². The van der Waals surface area contributed by atoms with Crippen LogP contribution in [-0.4, -0.2) is 22.3 Å². The molecule has 0 unspecified atom stereocenters. The number of nitrogens with one attached hydrogen (secondary N) is 1. The Morgan fingerprint density at radius 1 is 1.29 bits per heavy atom. The van der Waals surface area contributed by atoms with Gasteiger partial charge in [0.25, 0.3) is 0 Å². The lowest BCUT2D eigenvalue weighted by Gasteiger charge is -2.17. The van der Waals surface area contributed by atoms with Gasteiger partial charge in [-0.3, -0.25) is 0 Å². The van der Waals surface area contributed by atoms with E-state index < -0.39 is 0 Å². The molecule has 1 saturated carbocycles. The molecule has 0 radical (unpaired) electrons. The molecule has 0 aromatic carbocycles. The Bertz CT molecular complexity index is 373. The summed E-state index contributed by atoms with van der Waals surface area (Å²) in [5.74, 6) is 1.44. The molecule has 0 amide bonds. The van der Waals surface area contributed by atoms with Gasteiger partial charge in [0, 0.05) is 17.9 Å². The van der Waals surface area contributed by atoms with Gasteiger partial charge in [-0.25, -0.2) is 9.97 Å². The predicted octanol–water partition coefficient (Wildman–Crippen LogP) is 3.68. The van der Waals surface area contributed by atoms with Crippen molar-refractivity contribution in [2.24, 2.45) is 0 Å². The van der Waals surface area contributed by atoms with Crippen LogP contribution in [0.3, 0.4) is 0 Å². The highest BCUT2D eigenvalue weighted by molar-refractivity contribution is 7.99. The largest absolute Gasteiger partial charge is 0.373 e. The summed E-state index contributed by atoms with van der Waals surface area (Å²) in [7, 11) is 1.93. The molecule has 94 valence electrons. The Morgan fingerprint density at radius 2 is 2.00 bits per heavy atom. The van der Waals surface area contributed by atoms with Gasteiger partial charge in [-0.2, -0.15) is 0 Å². The Morgan fingerprint density at radius 3 is 2.59 bits per heavy atom. The van der Waals surface area contributed by atoms with Crippen LogP contribution in [0.1, 0.15) is 51.0 Å². The topological polar surface area (TPSA) is 37.8 Å². The molecule has 1 aromatic heterocycles. The van der Waals surface area contributed by atoms with Gasteiger partial charge in [0.2, 0.25) is 0 Å². The molecule has 0 aliphatic heterocycles. The fourth-order valence-electron chi connectivity index (χ4n) is 2.36. The predicted molar refractivity (Wildman–Crippen MR) is 73.8 cm³/mol. The Balaban J connectivity index is 2.25. The highest BCUT2D eigenvalue weighted by atomic mass is 32.2. The highest BCUT2D eigenvalue weighted by Gasteiger charge is 2.21. The molecule has 2 rings (SSSR count). The van der Waals surface area contributed by atoms with Crippen LogP contribution in [0, 0.1) is 0 Å². The van der Waals surface area contributed by atoms with Gasteiger partial charge in [-0.15, -0.1) is 11.8 Å². The molecule has 4 heteroatoms. The minimum atomic E-state index is 0.461. The molecular weight excluding hydrogens is 230 g/mol. The molecular formula is C13H21N3S. The lowest BCUT2D eigenvalue weighted by atomic mass is 10.1. The van der Waals surface area contributed by atoms with Crippen molar-refractivity contribution >= 4 is 17.6 Å². The van der Waals surface area contributed by atoms with E-state index >= 15 is 0 Å². The second-order valence-electron chi connectivity index (χ2n) is 4.87. The van der Waals surface area contributed by atoms with Crippen LogP contribution >= 0.6 is 11.8 Å². The average molecular weight is 251 g/mol. The maximum absolute atomic E-state index is 4.48. The molecule has 1 aliphatic carbocycles. The van der Waals surface area contributed by atoms with Crippen molar-refractivity contribution in [3.8, 4) is 0 Å². The van der Waals surface area contributed by atoms with Crippen LogP contribution in [0.4, 0.5) is 5.82 Å². The van der Waals surface area contributed by atoms with E-state index in [9.17, 15) is 0 Å². The molecule has 1 aliphatic rings. The molecule has 1 aromatic rings. The van der Waals surface area contributed by atoms with E-state index in [1.54, 1.807) is 6.33 Å². The first-order valence-electron chi connectivity index (χ1n) is 6.41. The number of rotatable bonds is 4. The van der Waals surface area contributed by atoms with E-state index in [4.69, 9.17) is 0 Å². The maximum Gasteiger partial charge on any atom is 0.133 e. The van der Waals surface area contributed by atoms with Gasteiger partial charge in [0.1, 0.15) is 17.2 Å². The fraction of sp³-hybridized carbons (Fsp3) is 0.692. The van der Waals surface area contributed by atoms with Crippen LogP contribution in [0.25, 0.3) is 0 Å². The number of hydrogen-bond acceptors (Lipinski definition) is 4. The first kappa shape index (κ1) is 12.7. The molecule has 0 spiro atoms. The monoisotopic (exact) mass is 251 g/mol. The van der Waals surface area contributed by atoms with E-state index in [2.05, 4.69) is 29.1 Å². The highest BCUT2D eigenvalue weighted by Crippen LogP contribution is 2.38. The molecule has 1 fully saturated rings. The summed E-state index contributed by atoms with van der Waals surface area (Å²) in [4.78, 5) is 8.80. The fourth-order valence-corrected chi connectivity index (χ4v) is 3.81. The number of anilines is 1. The van der Waals surface area contributed by atoms with Crippen molar-refractivity contribution in [2.75, 3.05) is 12.4 Å². The number of nitrogens with zero attached hydrogens (tertiary/aromatic N) is 2. The average Bonchev–Trinajstić information content (AvgIpc) is 2.81. The summed E-state index contributed by atoms with van der Waals surface area (Å²) in [6.07, 6.45) is 7.09. The zero-order chi connectivity index (χ0) is 12.3. The van der Waals surface area contributed by atoms with Crippen molar-refractivity contribution < 1.29 is 0 Å². The summed E-state index contributed by atoms with van der Waals surface area (Å²) >= 11 is 1.94. The van der Waals surface area contributed by atoms with Gasteiger partial charge in [0.15, 0.2) is 0 Å². The number of aromatic nitrogens is 2. The Labute approximate surface area is 108 Å². The number of thioether (sulfide) groups is 1. The van der Waals surface area contributed by atoms with Crippen LogP contribution in [-0.2, 0) is 0 Å². The van der Waals surface area contributed by atoms with Crippen LogP contribution in [0.2, 0.25) is 0 Å². The van der Waals surface area contributed by atoms with Crippen LogP contribution in [0.15, 0.2) is 11.4 Å². The third kappa shape index (κ3) is 2.92. The maximum atomic E-state index is 4.48. The van der Waals surface area contributed by atoms with Crippen molar-refractivity contribution in [3.63, 3.8) is 0 Å². The lowest BCUT2D eigenvalue weighted by Crippen LogP contribution is -2.06. The first-order valence-corrected chi connectivity index (χ1v) is 7.29. The SMILES string of the molecule is CNc1ncnc(SC2CCCC2)c1C(C)C.